The van der Waals surface area contributed by atoms with Crippen LogP contribution in [-0.4, -0.2) is 4.98 Å². The summed E-state index contributed by atoms with van der Waals surface area (Å²) in [6.07, 6.45) is 1.38. The number of hydrogen-bond acceptors (Lipinski definition) is 2. The Hall–Kier alpha value is -0.540. The summed E-state index contributed by atoms with van der Waals surface area (Å²) >= 11 is 9.14. The molecule has 0 fully saturated rings. The van der Waals surface area contributed by atoms with Crippen LogP contribution in [0.2, 0.25) is 5.02 Å². The van der Waals surface area contributed by atoms with Crippen LogP contribution in [0.3, 0.4) is 0 Å². The van der Waals surface area contributed by atoms with E-state index < -0.39 is 0 Å². The number of fused-ring (bicyclic) bond motifs is 1. The Morgan fingerprint density at radius 1 is 1.45 bits per heavy atom. The van der Waals surface area contributed by atoms with Gasteiger partial charge in [-0.1, -0.05) is 11.6 Å². The summed E-state index contributed by atoms with van der Waals surface area (Å²) in [5.74, 6) is 0. The Labute approximate surface area is 76.3 Å². The summed E-state index contributed by atoms with van der Waals surface area (Å²) < 4.78 is 5.95. The zero-order valence-electron chi connectivity index (χ0n) is 5.34. The monoisotopic (exact) mass is 231 g/mol. The fourth-order valence-electron chi connectivity index (χ4n) is 0.887. The first-order valence-corrected chi connectivity index (χ1v) is 4.13. The molecule has 0 aliphatic carbocycles. The molecular weight excluding hydrogens is 229 g/mol. The summed E-state index contributed by atoms with van der Waals surface area (Å²) in [5, 5.41) is 0.584. The predicted molar refractivity (Wildman–Crippen MR) is 46.7 cm³/mol. The minimum Gasteiger partial charge on any atom is -0.442 e. The maximum atomic E-state index is 5.82. The molecule has 0 atom stereocenters. The van der Waals surface area contributed by atoms with Crippen molar-refractivity contribution in [2.75, 3.05) is 0 Å². The van der Waals surface area contributed by atoms with Crippen LogP contribution < -0.4 is 0 Å². The Kier molecular flexibility index (Phi) is 1.62. The minimum absolute atomic E-state index is 0.584. The SMILES string of the molecule is Clc1ccc(Br)c2ncoc12. The Morgan fingerprint density at radius 2 is 2.27 bits per heavy atom. The zero-order valence-corrected chi connectivity index (χ0v) is 7.69. The van der Waals surface area contributed by atoms with Gasteiger partial charge in [0.2, 0.25) is 0 Å². The van der Waals surface area contributed by atoms with Crippen LogP contribution in [0.25, 0.3) is 11.1 Å². The van der Waals surface area contributed by atoms with Crippen molar-refractivity contribution in [2.24, 2.45) is 0 Å². The molecule has 1 heterocycles. The molecule has 0 bridgehead atoms. The van der Waals surface area contributed by atoms with Crippen LogP contribution in [0, 0.1) is 0 Å². The molecule has 56 valence electrons. The molecule has 0 saturated heterocycles. The van der Waals surface area contributed by atoms with Gasteiger partial charge >= 0.3 is 0 Å². The van der Waals surface area contributed by atoms with Crippen LogP contribution in [0.4, 0.5) is 0 Å². The standard InChI is InChI=1S/C7H3BrClNO/c8-4-1-2-5(9)7-6(4)10-3-11-7/h1-3H. The van der Waals surface area contributed by atoms with Gasteiger partial charge in [0.05, 0.1) is 5.02 Å². The molecule has 0 radical (unpaired) electrons. The van der Waals surface area contributed by atoms with E-state index in [2.05, 4.69) is 20.9 Å². The van der Waals surface area contributed by atoms with E-state index in [1.54, 1.807) is 6.07 Å². The third-order valence-corrected chi connectivity index (χ3v) is 2.32. The van der Waals surface area contributed by atoms with E-state index in [4.69, 9.17) is 16.0 Å². The maximum absolute atomic E-state index is 5.82. The van der Waals surface area contributed by atoms with Gasteiger partial charge in [0.15, 0.2) is 12.0 Å². The highest BCUT2D eigenvalue weighted by atomic mass is 79.9. The molecule has 1 aromatic carbocycles. The smallest absolute Gasteiger partial charge is 0.182 e. The Bertz CT molecular complexity index is 362. The highest BCUT2D eigenvalue weighted by Crippen LogP contribution is 2.28. The van der Waals surface area contributed by atoms with Gasteiger partial charge < -0.3 is 4.42 Å². The number of oxazole rings is 1. The van der Waals surface area contributed by atoms with E-state index in [0.717, 1.165) is 9.99 Å². The summed E-state index contributed by atoms with van der Waals surface area (Å²) in [7, 11) is 0. The van der Waals surface area contributed by atoms with Gasteiger partial charge in [-0.15, -0.1) is 0 Å². The molecule has 0 spiro atoms. The highest BCUT2D eigenvalue weighted by Gasteiger charge is 2.05. The number of halogens is 2. The van der Waals surface area contributed by atoms with Crippen molar-refractivity contribution in [3.8, 4) is 0 Å². The van der Waals surface area contributed by atoms with Crippen LogP contribution in [0.5, 0.6) is 0 Å². The van der Waals surface area contributed by atoms with Crippen molar-refractivity contribution < 1.29 is 4.42 Å². The molecule has 2 rings (SSSR count). The van der Waals surface area contributed by atoms with E-state index >= 15 is 0 Å². The van der Waals surface area contributed by atoms with E-state index in [0.29, 0.717) is 10.6 Å². The minimum atomic E-state index is 0.584. The first-order valence-electron chi connectivity index (χ1n) is 2.96. The average Bonchev–Trinajstić information content (AvgIpc) is 2.45. The van der Waals surface area contributed by atoms with Crippen molar-refractivity contribution in [3.05, 3.63) is 28.0 Å². The van der Waals surface area contributed by atoms with Crippen molar-refractivity contribution in [1.82, 2.24) is 4.98 Å². The van der Waals surface area contributed by atoms with E-state index in [1.165, 1.54) is 6.39 Å². The molecule has 4 heteroatoms. The first kappa shape index (κ1) is 7.13. The molecular formula is C7H3BrClNO. The number of rotatable bonds is 0. The van der Waals surface area contributed by atoms with Gasteiger partial charge in [0.1, 0.15) is 5.52 Å². The van der Waals surface area contributed by atoms with Crippen LogP contribution >= 0.6 is 27.5 Å². The summed E-state index contributed by atoms with van der Waals surface area (Å²) in [6.45, 7) is 0. The Morgan fingerprint density at radius 3 is 3.00 bits per heavy atom. The molecule has 0 aliphatic heterocycles. The largest absolute Gasteiger partial charge is 0.442 e. The number of nitrogens with zero attached hydrogens (tertiary/aromatic N) is 1. The van der Waals surface area contributed by atoms with Crippen LogP contribution in [0.1, 0.15) is 0 Å². The van der Waals surface area contributed by atoms with Crippen molar-refractivity contribution in [3.63, 3.8) is 0 Å². The van der Waals surface area contributed by atoms with Gasteiger partial charge in [0.25, 0.3) is 0 Å². The molecule has 2 nitrogen and oxygen atoms in total. The zero-order chi connectivity index (χ0) is 7.84. The lowest BCUT2D eigenvalue weighted by molar-refractivity contribution is 0.602. The molecule has 11 heavy (non-hydrogen) atoms. The van der Waals surface area contributed by atoms with Crippen molar-refractivity contribution >= 4 is 38.6 Å². The van der Waals surface area contributed by atoms with Gasteiger partial charge in [-0.05, 0) is 28.1 Å². The second-order valence-electron chi connectivity index (χ2n) is 2.06. The van der Waals surface area contributed by atoms with Gasteiger partial charge in [-0.25, -0.2) is 4.98 Å². The fourth-order valence-corrected chi connectivity index (χ4v) is 1.50. The molecule has 0 saturated carbocycles. The molecule has 0 N–H and O–H groups in total. The molecule has 0 unspecified atom stereocenters. The molecule has 0 amide bonds. The molecule has 1 aromatic heterocycles. The molecule has 2 aromatic rings. The number of benzene rings is 1. The highest BCUT2D eigenvalue weighted by molar-refractivity contribution is 9.10. The topological polar surface area (TPSA) is 26.0 Å². The summed E-state index contributed by atoms with van der Waals surface area (Å²) in [5.41, 5.74) is 1.39. The third kappa shape index (κ3) is 1.04. The van der Waals surface area contributed by atoms with Crippen molar-refractivity contribution in [1.29, 1.82) is 0 Å². The van der Waals surface area contributed by atoms with Gasteiger partial charge in [-0.2, -0.15) is 0 Å². The Balaban J connectivity index is 2.96. The maximum Gasteiger partial charge on any atom is 0.182 e. The quantitative estimate of drug-likeness (QED) is 0.697. The lowest BCUT2D eigenvalue weighted by atomic mass is 10.3. The predicted octanol–water partition coefficient (Wildman–Crippen LogP) is 3.24. The summed E-state index contributed by atoms with van der Waals surface area (Å²) in [4.78, 5) is 3.98. The van der Waals surface area contributed by atoms with Gasteiger partial charge in [-0.3, -0.25) is 0 Å². The lowest BCUT2D eigenvalue weighted by Crippen LogP contribution is -1.71. The fraction of sp³-hybridized carbons (Fsp3) is 0. The second kappa shape index (κ2) is 2.50. The first-order chi connectivity index (χ1) is 5.29. The van der Waals surface area contributed by atoms with Crippen molar-refractivity contribution in [2.45, 2.75) is 0 Å². The second-order valence-corrected chi connectivity index (χ2v) is 3.32. The lowest BCUT2D eigenvalue weighted by Gasteiger charge is -1.91. The van der Waals surface area contributed by atoms with E-state index in [9.17, 15) is 0 Å². The normalized spacial score (nSPS) is 10.7. The number of hydrogen-bond donors (Lipinski definition) is 0. The van der Waals surface area contributed by atoms with Crippen LogP contribution in [-0.2, 0) is 0 Å². The number of aromatic nitrogens is 1. The molecule has 0 aliphatic rings. The van der Waals surface area contributed by atoms with Crippen LogP contribution in [0.15, 0.2) is 27.4 Å². The third-order valence-electron chi connectivity index (χ3n) is 1.39. The average molecular weight is 232 g/mol. The van der Waals surface area contributed by atoms with E-state index in [-0.39, 0.29) is 0 Å². The van der Waals surface area contributed by atoms with E-state index in [1.807, 2.05) is 6.07 Å². The van der Waals surface area contributed by atoms with Gasteiger partial charge in [0, 0.05) is 4.47 Å². The summed E-state index contributed by atoms with van der Waals surface area (Å²) in [6, 6.07) is 3.60.